The van der Waals surface area contributed by atoms with Crippen LogP contribution in [0.3, 0.4) is 0 Å². The maximum atomic E-state index is 14.7. The van der Waals surface area contributed by atoms with Crippen LogP contribution in [-0.2, 0) is 17.4 Å². The van der Waals surface area contributed by atoms with E-state index in [9.17, 15) is 31.1 Å². The molecule has 35 heavy (non-hydrogen) atoms. The third kappa shape index (κ3) is 6.32. The minimum atomic E-state index is -4.55. The Hall–Kier alpha value is -3.56. The minimum Gasteiger partial charge on any atom is -0.357 e. The number of amides is 1. The monoisotopic (exact) mass is 495 g/mol. The molecule has 0 aliphatic carbocycles. The second kappa shape index (κ2) is 10.8. The van der Waals surface area contributed by atoms with Crippen LogP contribution in [0.4, 0.5) is 32.0 Å². The summed E-state index contributed by atoms with van der Waals surface area (Å²) < 4.78 is 80.5. The molecule has 0 saturated carbocycles. The number of anilines is 1. The van der Waals surface area contributed by atoms with Crippen LogP contribution in [0.5, 0.6) is 0 Å². The van der Waals surface area contributed by atoms with Crippen molar-refractivity contribution in [2.75, 3.05) is 18.5 Å². The zero-order chi connectivity index (χ0) is 25.8. The van der Waals surface area contributed by atoms with Crippen LogP contribution in [0.1, 0.15) is 34.8 Å². The molecule has 0 saturated heterocycles. The lowest BCUT2D eigenvalue weighted by molar-refractivity contribution is -0.141. The molecule has 1 atom stereocenters. The van der Waals surface area contributed by atoms with Crippen molar-refractivity contribution in [3.63, 3.8) is 0 Å². The molecule has 1 N–H and O–H groups in total. The zero-order valence-corrected chi connectivity index (χ0v) is 19.0. The highest BCUT2D eigenvalue weighted by Gasteiger charge is 2.32. The van der Waals surface area contributed by atoms with E-state index in [0.717, 1.165) is 18.3 Å². The Labute approximate surface area is 198 Å². The lowest BCUT2D eigenvalue weighted by Gasteiger charge is -2.33. The highest BCUT2D eigenvalue weighted by molar-refractivity contribution is 5.86. The van der Waals surface area contributed by atoms with Crippen LogP contribution in [0.15, 0.2) is 54.7 Å². The standard InChI is InChI=1S/C25H23F6N3O/c1-15-12-18(7-9-20(15)27)34(11-3-4-16-5-10-22(33-14-16)25(29,30)31)23(24(35)32-2)19-8-6-17(26)13-21(19)28/h5-10,12-14,23H,3-4,11H2,1-2H3,(H,32,35). The summed E-state index contributed by atoms with van der Waals surface area (Å²) >= 11 is 0. The highest BCUT2D eigenvalue weighted by atomic mass is 19.4. The summed E-state index contributed by atoms with van der Waals surface area (Å²) in [6.45, 7) is 1.69. The van der Waals surface area contributed by atoms with Gasteiger partial charge in [-0.15, -0.1) is 0 Å². The Bertz CT molecular complexity index is 1180. The van der Waals surface area contributed by atoms with Crippen molar-refractivity contribution >= 4 is 11.6 Å². The Morgan fingerprint density at radius 2 is 1.77 bits per heavy atom. The van der Waals surface area contributed by atoms with Gasteiger partial charge in [-0.1, -0.05) is 12.1 Å². The normalized spacial score (nSPS) is 12.3. The van der Waals surface area contributed by atoms with Crippen molar-refractivity contribution in [3.05, 3.63) is 94.6 Å². The topological polar surface area (TPSA) is 45.2 Å². The molecule has 10 heteroatoms. The van der Waals surface area contributed by atoms with E-state index in [0.29, 0.717) is 35.7 Å². The number of hydrogen-bond acceptors (Lipinski definition) is 3. The van der Waals surface area contributed by atoms with Gasteiger partial charge in [-0.3, -0.25) is 9.78 Å². The summed E-state index contributed by atoms with van der Waals surface area (Å²) in [7, 11) is 1.37. The Morgan fingerprint density at radius 3 is 2.34 bits per heavy atom. The van der Waals surface area contributed by atoms with Crippen LogP contribution in [0.2, 0.25) is 0 Å². The SMILES string of the molecule is CNC(=O)C(c1ccc(F)cc1F)N(CCCc1ccc(C(F)(F)F)nc1)c1ccc(F)c(C)c1. The first-order valence-corrected chi connectivity index (χ1v) is 10.7. The summed E-state index contributed by atoms with van der Waals surface area (Å²) in [6, 6.07) is 8.05. The smallest absolute Gasteiger partial charge is 0.357 e. The van der Waals surface area contributed by atoms with Gasteiger partial charge in [0.1, 0.15) is 29.2 Å². The van der Waals surface area contributed by atoms with E-state index < -0.39 is 41.3 Å². The summed E-state index contributed by atoms with van der Waals surface area (Å²) in [5.41, 5.74) is 0.180. The van der Waals surface area contributed by atoms with Crippen LogP contribution >= 0.6 is 0 Å². The first-order chi connectivity index (χ1) is 16.5. The first-order valence-electron chi connectivity index (χ1n) is 10.7. The van der Waals surface area contributed by atoms with Crippen LogP contribution in [0, 0.1) is 24.4 Å². The van der Waals surface area contributed by atoms with Gasteiger partial charge < -0.3 is 10.2 Å². The molecule has 0 fully saturated rings. The number of nitrogens with zero attached hydrogens (tertiary/aromatic N) is 2. The molecule has 0 radical (unpaired) electrons. The predicted molar refractivity (Wildman–Crippen MR) is 119 cm³/mol. The number of rotatable bonds is 8. The average molecular weight is 495 g/mol. The van der Waals surface area contributed by atoms with Gasteiger partial charge in [-0.25, -0.2) is 13.2 Å². The third-order valence-corrected chi connectivity index (χ3v) is 5.52. The third-order valence-electron chi connectivity index (χ3n) is 5.52. The van der Waals surface area contributed by atoms with Crippen molar-refractivity contribution in [1.29, 1.82) is 0 Å². The number of aromatic nitrogens is 1. The molecule has 1 amide bonds. The average Bonchev–Trinajstić information content (AvgIpc) is 2.80. The fourth-order valence-electron chi connectivity index (χ4n) is 3.72. The Kier molecular flexibility index (Phi) is 8.03. The maximum absolute atomic E-state index is 14.7. The van der Waals surface area contributed by atoms with Crippen molar-refractivity contribution < 1.29 is 31.1 Å². The van der Waals surface area contributed by atoms with Gasteiger partial charge in [0.25, 0.3) is 0 Å². The lowest BCUT2D eigenvalue weighted by atomic mass is 10.0. The first kappa shape index (κ1) is 26.1. The molecule has 0 spiro atoms. The highest BCUT2D eigenvalue weighted by Crippen LogP contribution is 2.32. The van der Waals surface area contributed by atoms with E-state index in [1.54, 1.807) is 4.90 Å². The number of likely N-dealkylation sites (N-methyl/N-ethyl adjacent to an activating group) is 1. The number of carbonyl (C=O) groups is 1. The zero-order valence-electron chi connectivity index (χ0n) is 19.0. The van der Waals surface area contributed by atoms with Gasteiger partial charge in [-0.05, 0) is 61.2 Å². The molecule has 4 nitrogen and oxygen atoms in total. The van der Waals surface area contributed by atoms with E-state index in [1.807, 2.05) is 0 Å². The summed E-state index contributed by atoms with van der Waals surface area (Å²) in [5.74, 6) is -2.77. The van der Waals surface area contributed by atoms with E-state index in [4.69, 9.17) is 0 Å². The number of carbonyl (C=O) groups excluding carboxylic acids is 1. The van der Waals surface area contributed by atoms with Gasteiger partial charge >= 0.3 is 6.18 Å². The molecule has 3 rings (SSSR count). The van der Waals surface area contributed by atoms with E-state index in [2.05, 4.69) is 10.3 Å². The van der Waals surface area contributed by atoms with Crippen molar-refractivity contribution in [3.8, 4) is 0 Å². The lowest BCUT2D eigenvalue weighted by Crippen LogP contribution is -2.40. The summed E-state index contributed by atoms with van der Waals surface area (Å²) in [5, 5.41) is 2.48. The fraction of sp³-hybridized carbons (Fsp3) is 0.280. The van der Waals surface area contributed by atoms with Gasteiger partial charge in [0.15, 0.2) is 0 Å². The largest absolute Gasteiger partial charge is 0.433 e. The van der Waals surface area contributed by atoms with Gasteiger partial charge in [-0.2, -0.15) is 13.2 Å². The second-order valence-electron chi connectivity index (χ2n) is 7.96. The molecule has 186 valence electrons. The van der Waals surface area contributed by atoms with Gasteiger partial charge in [0.2, 0.25) is 5.91 Å². The maximum Gasteiger partial charge on any atom is 0.433 e. The number of alkyl halides is 3. The second-order valence-corrected chi connectivity index (χ2v) is 7.96. The Balaban J connectivity index is 1.93. The number of halogens is 6. The molecular formula is C25H23F6N3O. The minimum absolute atomic E-state index is 0.0797. The number of benzene rings is 2. The summed E-state index contributed by atoms with van der Waals surface area (Å²) in [4.78, 5) is 17.9. The van der Waals surface area contributed by atoms with Gasteiger partial charge in [0.05, 0.1) is 0 Å². The fourth-order valence-corrected chi connectivity index (χ4v) is 3.72. The quantitative estimate of drug-likeness (QED) is 0.405. The summed E-state index contributed by atoms with van der Waals surface area (Å²) in [6.07, 6.45) is -2.76. The van der Waals surface area contributed by atoms with Crippen LogP contribution in [-0.4, -0.2) is 24.5 Å². The number of nitrogens with one attached hydrogen (secondary N) is 1. The van der Waals surface area contributed by atoms with Crippen molar-refractivity contribution in [2.24, 2.45) is 0 Å². The molecule has 0 bridgehead atoms. The van der Waals surface area contributed by atoms with E-state index in [-0.39, 0.29) is 12.1 Å². The molecule has 0 aliphatic heterocycles. The van der Waals surface area contributed by atoms with E-state index in [1.165, 1.54) is 44.3 Å². The van der Waals surface area contributed by atoms with E-state index >= 15 is 0 Å². The molecule has 0 aliphatic rings. The molecule has 3 aromatic rings. The molecular weight excluding hydrogens is 472 g/mol. The molecule has 2 aromatic carbocycles. The van der Waals surface area contributed by atoms with Crippen molar-refractivity contribution in [1.82, 2.24) is 10.3 Å². The van der Waals surface area contributed by atoms with Crippen LogP contribution < -0.4 is 10.2 Å². The molecule has 1 unspecified atom stereocenters. The number of pyridine rings is 1. The Morgan fingerprint density at radius 1 is 1.03 bits per heavy atom. The van der Waals surface area contributed by atoms with Gasteiger partial charge in [0, 0.05) is 37.1 Å². The van der Waals surface area contributed by atoms with Crippen LogP contribution in [0.25, 0.3) is 0 Å². The predicted octanol–water partition coefficient (Wildman–Crippen LogP) is 5.75. The molecule has 1 aromatic heterocycles. The van der Waals surface area contributed by atoms with Crippen molar-refractivity contribution in [2.45, 2.75) is 32.0 Å². The molecule has 1 heterocycles. The number of aryl methyl sites for hydroxylation is 2. The number of hydrogen-bond donors (Lipinski definition) is 1.